The molecule has 0 atom stereocenters. The van der Waals surface area contributed by atoms with E-state index < -0.39 is 0 Å². The van der Waals surface area contributed by atoms with E-state index in [1.807, 2.05) is 0 Å². The van der Waals surface area contributed by atoms with Crippen molar-refractivity contribution in [2.24, 2.45) is 9.98 Å². The third-order valence-electron chi connectivity index (χ3n) is 8.91. The van der Waals surface area contributed by atoms with Crippen LogP contribution in [0, 0.1) is 13.8 Å². The predicted molar refractivity (Wildman–Crippen MR) is 207 cm³/mol. The minimum atomic E-state index is -0.230. The maximum absolute atomic E-state index is 11.4. The van der Waals surface area contributed by atoms with Crippen molar-refractivity contribution in [3.05, 3.63) is 105 Å². The van der Waals surface area contributed by atoms with Crippen LogP contribution in [0.15, 0.2) is 70.6 Å². The molecule has 48 heavy (non-hydrogen) atoms. The highest BCUT2D eigenvalue weighted by molar-refractivity contribution is 5.93. The van der Waals surface area contributed by atoms with Crippen molar-refractivity contribution in [3.63, 3.8) is 0 Å². The van der Waals surface area contributed by atoms with E-state index in [4.69, 9.17) is 9.98 Å². The van der Waals surface area contributed by atoms with Gasteiger partial charge in [0, 0.05) is 45.8 Å². The number of rotatable bonds is 5. The van der Waals surface area contributed by atoms with Gasteiger partial charge in [0.15, 0.2) is 0 Å². The van der Waals surface area contributed by atoms with Gasteiger partial charge in [-0.15, -0.1) is 0 Å². The molecule has 0 aliphatic rings. The smallest absolute Gasteiger partial charge is 0.128 e. The molecule has 0 aromatic heterocycles. The summed E-state index contributed by atoms with van der Waals surface area (Å²) in [7, 11) is 0. The molecule has 0 spiro atoms. The summed E-state index contributed by atoms with van der Waals surface area (Å²) < 4.78 is 0. The first-order chi connectivity index (χ1) is 22.0. The lowest BCUT2D eigenvalue weighted by Gasteiger charge is -2.27. The first-order valence-corrected chi connectivity index (χ1v) is 17.0. The average Bonchev–Trinajstić information content (AvgIpc) is 2.94. The minimum absolute atomic E-state index is 0.0892. The van der Waals surface area contributed by atoms with Gasteiger partial charge < -0.3 is 10.2 Å². The molecule has 0 amide bonds. The number of phenolic OH excluding ortho intramolecular Hbond substituents is 2. The fourth-order valence-corrected chi connectivity index (χ4v) is 5.75. The van der Waals surface area contributed by atoms with Gasteiger partial charge in [0.1, 0.15) is 11.5 Å². The Morgan fingerprint density at radius 1 is 0.458 bits per heavy atom. The van der Waals surface area contributed by atoms with Crippen LogP contribution >= 0.6 is 0 Å². The maximum Gasteiger partial charge on any atom is 0.128 e. The van der Waals surface area contributed by atoms with Gasteiger partial charge in [0.25, 0.3) is 0 Å². The summed E-state index contributed by atoms with van der Waals surface area (Å²) in [6.45, 7) is 30.0. The number of benzene rings is 4. The first-order valence-electron chi connectivity index (χ1n) is 17.0. The Labute approximate surface area is 289 Å². The number of aliphatic imine (C=N–C) groups is 2. The molecule has 0 saturated carbocycles. The zero-order valence-corrected chi connectivity index (χ0v) is 31.7. The van der Waals surface area contributed by atoms with Crippen LogP contribution in [-0.2, 0) is 21.7 Å². The summed E-state index contributed by atoms with van der Waals surface area (Å²) in [4.78, 5) is 10.0. The van der Waals surface area contributed by atoms with Crippen LogP contribution in [0.4, 0.5) is 11.4 Å². The molecule has 4 aromatic rings. The molecule has 4 heteroatoms. The summed E-state index contributed by atoms with van der Waals surface area (Å²) in [5.74, 6) is 0.530. The molecule has 0 unspecified atom stereocenters. The molecule has 2 N–H and O–H groups in total. The van der Waals surface area contributed by atoms with Crippen molar-refractivity contribution in [1.82, 2.24) is 0 Å². The number of hydrogen-bond donors (Lipinski definition) is 2. The Kier molecular flexibility index (Phi) is 9.95. The van der Waals surface area contributed by atoms with E-state index in [1.54, 1.807) is 12.4 Å². The lowest BCUT2D eigenvalue weighted by atomic mass is 9.79. The zero-order valence-electron chi connectivity index (χ0n) is 31.7. The first kappa shape index (κ1) is 36.7. The molecule has 4 rings (SSSR count). The van der Waals surface area contributed by atoms with Gasteiger partial charge in [0.05, 0.1) is 11.4 Å². The molecule has 0 fully saturated rings. The van der Waals surface area contributed by atoms with Crippen molar-refractivity contribution in [3.8, 4) is 22.6 Å². The van der Waals surface area contributed by atoms with Gasteiger partial charge in [-0.2, -0.15) is 0 Å². The van der Waals surface area contributed by atoms with Crippen LogP contribution in [-0.4, -0.2) is 22.6 Å². The summed E-state index contributed by atoms with van der Waals surface area (Å²) in [5, 5.41) is 22.8. The topological polar surface area (TPSA) is 65.2 Å². The van der Waals surface area contributed by atoms with E-state index in [9.17, 15) is 10.2 Å². The Morgan fingerprint density at radius 3 is 1.08 bits per heavy atom. The predicted octanol–water partition coefficient (Wildman–Crippen LogP) is 12.1. The third kappa shape index (κ3) is 8.27. The summed E-state index contributed by atoms with van der Waals surface area (Å²) in [6, 6.07) is 20.9. The van der Waals surface area contributed by atoms with Crippen molar-refractivity contribution >= 4 is 23.8 Å². The van der Waals surface area contributed by atoms with Gasteiger partial charge in [-0.05, 0) is 82.0 Å². The lowest BCUT2D eigenvalue weighted by molar-refractivity contribution is 0.443. The Bertz CT molecular complexity index is 1740. The Hall–Kier alpha value is -4.18. The van der Waals surface area contributed by atoms with E-state index in [-0.39, 0.29) is 33.2 Å². The van der Waals surface area contributed by atoms with Gasteiger partial charge in [-0.3, -0.25) is 9.98 Å². The highest BCUT2D eigenvalue weighted by atomic mass is 16.3. The van der Waals surface area contributed by atoms with Crippen LogP contribution in [0.2, 0.25) is 0 Å². The number of nitrogens with zero attached hydrogens (tertiary/aromatic N) is 2. The molecule has 0 bridgehead atoms. The lowest BCUT2D eigenvalue weighted by Crippen LogP contribution is -2.17. The van der Waals surface area contributed by atoms with Crippen LogP contribution in [0.5, 0.6) is 11.5 Å². The highest BCUT2D eigenvalue weighted by Gasteiger charge is 2.26. The monoisotopic (exact) mass is 644 g/mol. The van der Waals surface area contributed by atoms with Gasteiger partial charge >= 0.3 is 0 Å². The normalized spacial score (nSPS) is 13.2. The second-order valence-electron chi connectivity index (χ2n) is 17.5. The van der Waals surface area contributed by atoms with Crippen molar-refractivity contribution < 1.29 is 10.2 Å². The average molecular weight is 645 g/mol. The third-order valence-corrected chi connectivity index (χ3v) is 8.91. The number of aryl methyl sites for hydroxylation is 2. The summed E-state index contributed by atoms with van der Waals surface area (Å²) in [6.07, 6.45) is 3.58. The van der Waals surface area contributed by atoms with E-state index in [1.165, 1.54) is 0 Å². The molecule has 0 aliphatic carbocycles. The van der Waals surface area contributed by atoms with E-state index >= 15 is 0 Å². The minimum Gasteiger partial charge on any atom is -0.507 e. The second-order valence-corrected chi connectivity index (χ2v) is 17.5. The molecule has 254 valence electrons. The largest absolute Gasteiger partial charge is 0.507 e. The summed E-state index contributed by atoms with van der Waals surface area (Å²) >= 11 is 0. The van der Waals surface area contributed by atoms with E-state index in [2.05, 4.69) is 158 Å². The van der Waals surface area contributed by atoms with Gasteiger partial charge in [-0.1, -0.05) is 119 Å². The van der Waals surface area contributed by atoms with E-state index in [0.29, 0.717) is 11.1 Å². The molecule has 0 saturated heterocycles. The Morgan fingerprint density at radius 2 is 0.792 bits per heavy atom. The van der Waals surface area contributed by atoms with Crippen LogP contribution in [0.1, 0.15) is 128 Å². The number of phenols is 2. The fourth-order valence-electron chi connectivity index (χ4n) is 5.75. The van der Waals surface area contributed by atoms with Gasteiger partial charge in [-0.25, -0.2) is 0 Å². The van der Waals surface area contributed by atoms with Gasteiger partial charge in [0.2, 0.25) is 0 Å². The Balaban J connectivity index is 1.88. The molecule has 0 radical (unpaired) electrons. The van der Waals surface area contributed by atoms with Crippen LogP contribution < -0.4 is 0 Å². The SMILES string of the molecule is Cc1ccc(-c2ccc(C)cc2N=Cc2cc(C(C)(C)C)cc(C(C)(C)C)c2O)c(N=Cc2cc(C(C)(C)C)cc(C(C)(C)C)c2O)c1. The standard InChI is InChI=1S/C44H56N2O2/c1-27-15-17-33(37(19-27)45-25-29-21-31(41(3,4)5)23-35(39(29)47)43(9,10)11)34-18-16-28(2)20-38(34)46-26-30-22-32(42(6,7)8)24-36(40(30)48)44(12,13)14/h15-26,47-48H,1-14H3. The second kappa shape index (κ2) is 13.0. The molecular weight excluding hydrogens is 588 g/mol. The fraction of sp³-hybridized carbons (Fsp3) is 0.409. The molecule has 0 aliphatic heterocycles. The number of aromatic hydroxyl groups is 2. The van der Waals surface area contributed by atoms with E-state index in [0.717, 1.165) is 55.9 Å². The van der Waals surface area contributed by atoms with Crippen LogP contribution in [0.25, 0.3) is 11.1 Å². The van der Waals surface area contributed by atoms with Crippen molar-refractivity contribution in [2.75, 3.05) is 0 Å². The van der Waals surface area contributed by atoms with Crippen molar-refractivity contribution in [1.29, 1.82) is 0 Å². The maximum atomic E-state index is 11.4. The molecule has 0 heterocycles. The number of hydrogen-bond acceptors (Lipinski definition) is 4. The van der Waals surface area contributed by atoms with Crippen LogP contribution in [0.3, 0.4) is 0 Å². The molecule has 4 nitrogen and oxygen atoms in total. The molecular formula is C44H56N2O2. The highest BCUT2D eigenvalue weighted by Crippen LogP contribution is 2.41. The quantitative estimate of drug-likeness (QED) is 0.212. The molecule has 4 aromatic carbocycles. The summed E-state index contributed by atoms with van der Waals surface area (Å²) in [5.41, 5.74) is 10.5. The zero-order chi connectivity index (χ0) is 36.0. The van der Waals surface area contributed by atoms with Crippen molar-refractivity contribution in [2.45, 2.75) is 119 Å².